The zero-order valence-corrected chi connectivity index (χ0v) is 20.9. The van der Waals surface area contributed by atoms with Crippen LogP contribution in [0.25, 0.3) is 11.1 Å². The maximum atomic E-state index is 12.3. The minimum absolute atomic E-state index is 0.149. The molecular formula is C30H40N4O. The summed E-state index contributed by atoms with van der Waals surface area (Å²) in [5.74, 6) is 1.24. The fraction of sp³-hybridized carbons (Fsp3) is 0.533. The summed E-state index contributed by atoms with van der Waals surface area (Å²) in [6, 6.07) is 21.3. The average Bonchev–Trinajstić information content (AvgIpc) is 2.93. The van der Waals surface area contributed by atoms with E-state index in [0.717, 1.165) is 44.9 Å². The molecule has 1 atom stereocenters. The lowest BCUT2D eigenvalue weighted by Crippen LogP contribution is -2.47. The van der Waals surface area contributed by atoms with Crippen LogP contribution < -0.4 is 10.6 Å². The molecule has 35 heavy (non-hydrogen) atoms. The lowest BCUT2D eigenvalue weighted by molar-refractivity contribution is -0.121. The average molecular weight is 473 g/mol. The van der Waals surface area contributed by atoms with Gasteiger partial charge in [0.05, 0.1) is 12.1 Å². The number of nitriles is 1. The van der Waals surface area contributed by atoms with Gasteiger partial charge in [-0.1, -0.05) is 55.3 Å². The largest absolute Gasteiger partial charge is 0.369 e. The van der Waals surface area contributed by atoms with Crippen LogP contribution in [-0.4, -0.2) is 49.4 Å². The molecular weight excluding hydrogens is 432 g/mol. The van der Waals surface area contributed by atoms with Crippen LogP contribution in [0.1, 0.15) is 51.4 Å². The van der Waals surface area contributed by atoms with Gasteiger partial charge in [0.25, 0.3) is 0 Å². The second kappa shape index (κ2) is 12.9. The van der Waals surface area contributed by atoms with Crippen LogP contribution >= 0.6 is 0 Å². The summed E-state index contributed by atoms with van der Waals surface area (Å²) in [7, 11) is 0. The number of hydrogen-bond donors (Lipinski definition) is 1. The van der Waals surface area contributed by atoms with E-state index in [-0.39, 0.29) is 11.8 Å². The van der Waals surface area contributed by atoms with Gasteiger partial charge in [0.2, 0.25) is 0 Å². The third kappa shape index (κ3) is 7.16. The van der Waals surface area contributed by atoms with Crippen molar-refractivity contribution < 1.29 is 4.79 Å². The Balaban J connectivity index is 1.17. The van der Waals surface area contributed by atoms with Gasteiger partial charge < -0.3 is 10.6 Å². The van der Waals surface area contributed by atoms with Crippen LogP contribution in [0.3, 0.4) is 0 Å². The summed E-state index contributed by atoms with van der Waals surface area (Å²) in [6.07, 6.45) is 7.32. The highest BCUT2D eigenvalue weighted by atomic mass is 16.1. The molecule has 0 radical (unpaired) electrons. The van der Waals surface area contributed by atoms with Crippen molar-refractivity contribution in [3.05, 3.63) is 54.6 Å². The predicted octanol–water partition coefficient (Wildman–Crippen LogP) is 5.26. The number of anilines is 1. The number of nitrogens with zero attached hydrogens (tertiary/aromatic N) is 3. The topological polar surface area (TPSA) is 73.4 Å². The first-order valence-corrected chi connectivity index (χ1v) is 13.4. The molecule has 0 bridgehead atoms. The molecule has 1 heterocycles. The van der Waals surface area contributed by atoms with Gasteiger partial charge in [-0.05, 0) is 67.3 Å². The van der Waals surface area contributed by atoms with E-state index in [1.165, 1.54) is 42.6 Å². The molecule has 2 aromatic carbocycles. The smallest absolute Gasteiger partial charge is 0.149 e. The molecule has 2 N–H and O–H groups in total. The molecule has 186 valence electrons. The number of benzene rings is 2. The third-order valence-electron chi connectivity index (χ3n) is 8.03. The maximum absolute atomic E-state index is 12.3. The Morgan fingerprint density at radius 3 is 2.40 bits per heavy atom. The van der Waals surface area contributed by atoms with Gasteiger partial charge in [0, 0.05) is 44.7 Å². The summed E-state index contributed by atoms with van der Waals surface area (Å²) in [6.45, 7) is 5.56. The van der Waals surface area contributed by atoms with Crippen molar-refractivity contribution in [1.29, 1.82) is 5.26 Å². The summed E-state index contributed by atoms with van der Waals surface area (Å²) in [5.41, 5.74) is 10.1. The maximum Gasteiger partial charge on any atom is 0.149 e. The monoisotopic (exact) mass is 472 g/mol. The molecule has 1 saturated carbocycles. The van der Waals surface area contributed by atoms with E-state index in [1.807, 2.05) is 0 Å². The summed E-state index contributed by atoms with van der Waals surface area (Å²) >= 11 is 0. The van der Waals surface area contributed by atoms with Crippen molar-refractivity contribution in [2.75, 3.05) is 37.6 Å². The molecule has 0 spiro atoms. The minimum Gasteiger partial charge on any atom is -0.369 e. The molecule has 0 aromatic heterocycles. The van der Waals surface area contributed by atoms with Gasteiger partial charge in [0.1, 0.15) is 5.78 Å². The highest BCUT2D eigenvalue weighted by Gasteiger charge is 2.29. The number of Topliss-reactive ketones (excluding diaryl/α,β-unsaturated/α-hetero) is 1. The number of carbonyl (C=O) groups excluding carboxylic acids is 1. The molecule has 2 fully saturated rings. The standard InChI is InChI=1S/C30H40N4O/c31-17-5-4-11-29(35)30(32)26-14-12-24(13-15-26)16-18-33-19-21-34(22-20-33)28-10-6-9-27(23-28)25-7-2-1-3-8-25/h1-3,6-10,23-24,26,30H,4-5,11-16,18-22,32H2. The molecule has 2 aromatic rings. The van der Waals surface area contributed by atoms with Gasteiger partial charge >= 0.3 is 0 Å². The number of hydrogen-bond acceptors (Lipinski definition) is 5. The first-order valence-electron chi connectivity index (χ1n) is 13.4. The highest BCUT2D eigenvalue weighted by molar-refractivity contribution is 5.84. The lowest BCUT2D eigenvalue weighted by atomic mass is 9.76. The van der Waals surface area contributed by atoms with Crippen molar-refractivity contribution >= 4 is 11.5 Å². The van der Waals surface area contributed by atoms with Gasteiger partial charge in [-0.3, -0.25) is 9.69 Å². The molecule has 1 unspecified atom stereocenters. The Morgan fingerprint density at radius 2 is 1.69 bits per heavy atom. The number of ketones is 1. The molecule has 0 amide bonds. The van der Waals surface area contributed by atoms with Crippen molar-refractivity contribution in [2.45, 2.75) is 57.4 Å². The molecule has 5 nitrogen and oxygen atoms in total. The quantitative estimate of drug-likeness (QED) is 0.477. The molecule has 1 aliphatic carbocycles. The zero-order valence-electron chi connectivity index (χ0n) is 20.9. The SMILES string of the molecule is N#CCCCC(=O)C(N)C1CCC(CCN2CCN(c3cccc(-c4ccccc4)c3)CC2)CC1. The van der Waals surface area contributed by atoms with Crippen LogP contribution in [0.2, 0.25) is 0 Å². The Kier molecular flexibility index (Phi) is 9.34. The van der Waals surface area contributed by atoms with Crippen molar-refractivity contribution in [3.8, 4) is 17.2 Å². The summed E-state index contributed by atoms with van der Waals surface area (Å²) < 4.78 is 0. The van der Waals surface area contributed by atoms with Crippen LogP contribution in [-0.2, 0) is 4.79 Å². The van der Waals surface area contributed by atoms with Gasteiger partial charge in [-0.15, -0.1) is 0 Å². The number of rotatable bonds is 10. The van der Waals surface area contributed by atoms with E-state index in [9.17, 15) is 4.79 Å². The number of unbranched alkanes of at least 4 members (excludes halogenated alkanes) is 1. The fourth-order valence-electron chi connectivity index (χ4n) is 5.71. The van der Waals surface area contributed by atoms with Gasteiger partial charge in [0.15, 0.2) is 0 Å². The fourth-order valence-corrected chi connectivity index (χ4v) is 5.71. The number of carbonyl (C=O) groups is 1. The second-order valence-corrected chi connectivity index (χ2v) is 10.3. The Bertz CT molecular complexity index is 969. The van der Waals surface area contributed by atoms with E-state index in [2.05, 4.69) is 70.5 Å². The van der Waals surface area contributed by atoms with E-state index in [0.29, 0.717) is 25.2 Å². The lowest BCUT2D eigenvalue weighted by Gasteiger charge is -2.37. The van der Waals surface area contributed by atoms with Crippen LogP contribution in [0.15, 0.2) is 54.6 Å². The Labute approximate surface area is 210 Å². The molecule has 1 aliphatic heterocycles. The Hall–Kier alpha value is -2.68. The first kappa shape index (κ1) is 25.4. The Morgan fingerprint density at radius 1 is 0.971 bits per heavy atom. The number of nitrogens with two attached hydrogens (primary N) is 1. The number of piperazine rings is 1. The van der Waals surface area contributed by atoms with Gasteiger partial charge in [-0.2, -0.15) is 5.26 Å². The minimum atomic E-state index is -0.330. The predicted molar refractivity (Wildman–Crippen MR) is 143 cm³/mol. The van der Waals surface area contributed by atoms with Gasteiger partial charge in [-0.25, -0.2) is 0 Å². The third-order valence-corrected chi connectivity index (χ3v) is 8.03. The summed E-state index contributed by atoms with van der Waals surface area (Å²) in [5, 5.41) is 8.66. The van der Waals surface area contributed by atoms with E-state index >= 15 is 0 Å². The highest BCUT2D eigenvalue weighted by Crippen LogP contribution is 2.33. The molecule has 1 saturated heterocycles. The van der Waals surface area contributed by atoms with Crippen molar-refractivity contribution in [2.24, 2.45) is 17.6 Å². The zero-order chi connectivity index (χ0) is 24.5. The first-order chi connectivity index (χ1) is 17.1. The van der Waals surface area contributed by atoms with Crippen LogP contribution in [0.4, 0.5) is 5.69 Å². The van der Waals surface area contributed by atoms with Crippen molar-refractivity contribution in [1.82, 2.24) is 4.90 Å². The summed E-state index contributed by atoms with van der Waals surface area (Å²) in [4.78, 5) is 17.4. The van der Waals surface area contributed by atoms with Crippen LogP contribution in [0, 0.1) is 23.2 Å². The van der Waals surface area contributed by atoms with E-state index in [4.69, 9.17) is 11.0 Å². The van der Waals surface area contributed by atoms with Crippen molar-refractivity contribution in [3.63, 3.8) is 0 Å². The van der Waals surface area contributed by atoms with Crippen LogP contribution in [0.5, 0.6) is 0 Å². The molecule has 4 rings (SSSR count). The van der Waals surface area contributed by atoms with E-state index in [1.54, 1.807) is 0 Å². The molecule has 2 aliphatic rings. The normalized spacial score (nSPS) is 21.9. The second-order valence-electron chi connectivity index (χ2n) is 10.3. The van der Waals surface area contributed by atoms with E-state index < -0.39 is 0 Å². The molecule has 5 heteroatoms.